The Morgan fingerprint density at radius 1 is 1.33 bits per heavy atom. The van der Waals surface area contributed by atoms with Crippen molar-refractivity contribution < 1.29 is 0 Å². The third-order valence-corrected chi connectivity index (χ3v) is 1.30. The fourth-order valence-electron chi connectivity index (χ4n) is 0.752. The van der Waals surface area contributed by atoms with Crippen molar-refractivity contribution in [2.45, 2.75) is 33.1 Å². The van der Waals surface area contributed by atoms with Gasteiger partial charge < -0.3 is 11.7 Å². The summed E-state index contributed by atoms with van der Waals surface area (Å²) in [5, 5.41) is 3.29. The molecule has 0 radical (unpaired) electrons. The maximum absolute atomic E-state index is 3.29. The first kappa shape index (κ1) is 8.96. The molecule has 0 heterocycles. The first-order chi connectivity index (χ1) is 4.41. The van der Waals surface area contributed by atoms with E-state index in [1.54, 1.807) is 0 Å². The Bertz CT molecular complexity index is 37.8. The highest BCUT2D eigenvalue weighted by atomic mass is 14.8. The molecule has 0 rings (SSSR count). The molecule has 0 atom stereocenters. The number of hydrogen-bond acceptors (Lipinski definition) is 1. The summed E-state index contributed by atoms with van der Waals surface area (Å²) in [4.78, 5) is 0. The first-order valence-corrected chi connectivity index (χ1v) is 3.94. The molecule has 9 heavy (non-hydrogen) atoms. The van der Waals surface area contributed by atoms with Gasteiger partial charge in [0.25, 0.3) is 0 Å². The van der Waals surface area contributed by atoms with Gasteiger partial charge in [-0.15, -0.1) is 0 Å². The maximum Gasteiger partial charge on any atom is -0.00733 e. The van der Waals surface area contributed by atoms with Crippen molar-refractivity contribution in [1.82, 2.24) is 5.32 Å². The summed E-state index contributed by atoms with van der Waals surface area (Å²) in [6.07, 6.45) is 6.11. The molecule has 0 fully saturated rings. The van der Waals surface area contributed by atoms with Gasteiger partial charge in [-0.2, -0.15) is 12.8 Å². The molecular formula is C8H18N-. The van der Waals surface area contributed by atoms with Gasteiger partial charge >= 0.3 is 0 Å². The fraction of sp³-hybridized carbons (Fsp3) is 0.875. The van der Waals surface area contributed by atoms with Crippen LogP contribution in [-0.4, -0.2) is 13.1 Å². The van der Waals surface area contributed by atoms with Gasteiger partial charge in [-0.25, -0.2) is 0 Å². The van der Waals surface area contributed by atoms with Gasteiger partial charge in [0, 0.05) is 0 Å². The van der Waals surface area contributed by atoms with E-state index in [2.05, 4.69) is 25.6 Å². The van der Waals surface area contributed by atoms with Crippen LogP contribution in [0.2, 0.25) is 0 Å². The third-order valence-electron chi connectivity index (χ3n) is 1.30. The average molecular weight is 128 g/mol. The molecule has 1 heteroatoms. The van der Waals surface area contributed by atoms with E-state index >= 15 is 0 Å². The normalized spacial score (nSPS) is 10.0. The predicted octanol–water partition coefficient (Wildman–Crippen LogP) is 1.99. The summed E-state index contributed by atoms with van der Waals surface area (Å²) in [6.45, 7) is 6.61. The average Bonchev–Trinajstić information content (AvgIpc) is 1.89. The summed E-state index contributed by atoms with van der Waals surface area (Å²) < 4.78 is 0. The van der Waals surface area contributed by atoms with Crippen molar-refractivity contribution in [3.63, 3.8) is 0 Å². The minimum Gasteiger partial charge on any atom is -0.329 e. The van der Waals surface area contributed by atoms with Crippen LogP contribution in [0.3, 0.4) is 0 Å². The van der Waals surface area contributed by atoms with Crippen LogP contribution in [0.25, 0.3) is 0 Å². The van der Waals surface area contributed by atoms with E-state index in [9.17, 15) is 0 Å². The van der Waals surface area contributed by atoms with E-state index in [0.29, 0.717) is 0 Å². The zero-order valence-corrected chi connectivity index (χ0v) is 6.61. The largest absolute Gasteiger partial charge is 0.329 e. The lowest BCUT2D eigenvalue weighted by Crippen LogP contribution is -2.13. The summed E-state index contributed by atoms with van der Waals surface area (Å²) in [7, 11) is 0. The number of unbranched alkanes of at least 4 members (excludes halogenated alkanes) is 3. The monoisotopic (exact) mass is 128 g/mol. The highest BCUT2D eigenvalue weighted by molar-refractivity contribution is 4.61. The molecule has 0 spiro atoms. The quantitative estimate of drug-likeness (QED) is 0.426. The summed E-state index contributed by atoms with van der Waals surface area (Å²) in [5.74, 6) is 0. The van der Waals surface area contributed by atoms with Gasteiger partial charge in [0.2, 0.25) is 0 Å². The Morgan fingerprint density at radius 3 is 2.67 bits per heavy atom. The van der Waals surface area contributed by atoms with Crippen LogP contribution in [-0.2, 0) is 0 Å². The van der Waals surface area contributed by atoms with Crippen LogP contribution >= 0.6 is 0 Å². The minimum atomic E-state index is 1.10. The SMILES string of the molecule is CC[CH-]CCCNCC. The molecular weight excluding hydrogens is 110 g/mol. The molecule has 0 aromatic rings. The lowest BCUT2D eigenvalue weighted by molar-refractivity contribution is 0.662. The van der Waals surface area contributed by atoms with Crippen LogP contribution in [0, 0.1) is 6.42 Å². The molecule has 0 aliphatic carbocycles. The van der Waals surface area contributed by atoms with Crippen LogP contribution in [0.15, 0.2) is 0 Å². The highest BCUT2D eigenvalue weighted by Gasteiger charge is 1.77. The molecule has 0 aliphatic heterocycles. The Balaban J connectivity index is 2.60. The van der Waals surface area contributed by atoms with E-state index in [0.717, 1.165) is 6.54 Å². The highest BCUT2D eigenvalue weighted by Crippen LogP contribution is 1.94. The van der Waals surface area contributed by atoms with Gasteiger partial charge in [-0.05, 0) is 13.1 Å². The van der Waals surface area contributed by atoms with E-state index in [1.165, 1.54) is 25.8 Å². The number of nitrogens with one attached hydrogen (secondary N) is 1. The van der Waals surface area contributed by atoms with Crippen LogP contribution in [0.5, 0.6) is 0 Å². The molecule has 0 bridgehead atoms. The maximum atomic E-state index is 3.29. The molecule has 1 nitrogen and oxygen atoms in total. The van der Waals surface area contributed by atoms with Crippen molar-refractivity contribution in [2.24, 2.45) is 0 Å². The van der Waals surface area contributed by atoms with E-state index < -0.39 is 0 Å². The molecule has 0 saturated carbocycles. The third kappa shape index (κ3) is 7.96. The van der Waals surface area contributed by atoms with Crippen LogP contribution < -0.4 is 5.32 Å². The molecule has 0 aliphatic rings. The summed E-state index contributed by atoms with van der Waals surface area (Å²) >= 11 is 0. The van der Waals surface area contributed by atoms with Crippen molar-refractivity contribution in [1.29, 1.82) is 0 Å². The molecule has 0 unspecified atom stereocenters. The zero-order chi connectivity index (χ0) is 6.95. The molecule has 0 aromatic carbocycles. The zero-order valence-electron chi connectivity index (χ0n) is 6.61. The Kier molecular flexibility index (Phi) is 7.92. The summed E-state index contributed by atoms with van der Waals surface area (Å²) in [5.41, 5.74) is 0. The first-order valence-electron chi connectivity index (χ1n) is 3.94. The van der Waals surface area contributed by atoms with Crippen molar-refractivity contribution >= 4 is 0 Å². The number of rotatable bonds is 6. The van der Waals surface area contributed by atoms with Crippen LogP contribution in [0.1, 0.15) is 33.1 Å². The van der Waals surface area contributed by atoms with Gasteiger partial charge in [0.05, 0.1) is 0 Å². The Morgan fingerprint density at radius 2 is 2.11 bits per heavy atom. The summed E-state index contributed by atoms with van der Waals surface area (Å²) in [6, 6.07) is 0. The van der Waals surface area contributed by atoms with Gasteiger partial charge in [-0.1, -0.05) is 20.3 Å². The van der Waals surface area contributed by atoms with E-state index in [1.807, 2.05) is 0 Å². The standard InChI is InChI=1S/C8H18N/c1-3-5-6-7-8-9-4-2/h5,9H,3-4,6-8H2,1-2H3/q-1. The number of hydrogen-bond donors (Lipinski definition) is 1. The van der Waals surface area contributed by atoms with Gasteiger partial charge in [0.15, 0.2) is 0 Å². The Labute approximate surface area is 58.8 Å². The van der Waals surface area contributed by atoms with Crippen molar-refractivity contribution in [2.75, 3.05) is 13.1 Å². The lowest BCUT2D eigenvalue weighted by atomic mass is 10.2. The van der Waals surface area contributed by atoms with Crippen molar-refractivity contribution in [3.05, 3.63) is 6.42 Å². The van der Waals surface area contributed by atoms with E-state index in [-0.39, 0.29) is 0 Å². The molecule has 56 valence electrons. The fourth-order valence-corrected chi connectivity index (χ4v) is 0.752. The predicted molar refractivity (Wildman–Crippen MR) is 42.4 cm³/mol. The van der Waals surface area contributed by atoms with Gasteiger partial charge in [0.1, 0.15) is 0 Å². The Hall–Kier alpha value is -0.0400. The second-order valence-corrected chi connectivity index (χ2v) is 2.19. The van der Waals surface area contributed by atoms with Crippen LogP contribution in [0.4, 0.5) is 0 Å². The topological polar surface area (TPSA) is 12.0 Å². The molecule has 0 saturated heterocycles. The van der Waals surface area contributed by atoms with E-state index in [4.69, 9.17) is 0 Å². The molecule has 1 N–H and O–H groups in total. The minimum absolute atomic E-state index is 1.10. The molecule has 0 aromatic heterocycles. The smallest absolute Gasteiger partial charge is 0.00733 e. The second-order valence-electron chi connectivity index (χ2n) is 2.19. The molecule has 0 amide bonds. The van der Waals surface area contributed by atoms with Crippen molar-refractivity contribution in [3.8, 4) is 0 Å². The second kappa shape index (κ2) is 7.96. The van der Waals surface area contributed by atoms with Gasteiger partial charge in [-0.3, -0.25) is 0 Å². The lowest BCUT2D eigenvalue weighted by Gasteiger charge is -2.06.